The fraction of sp³-hybridized carbons (Fsp3) is 0.136. The first-order valence-corrected chi connectivity index (χ1v) is 9.01. The number of hydrogen-bond donors (Lipinski definition) is 1. The van der Waals surface area contributed by atoms with Crippen LogP contribution < -0.4 is 5.32 Å². The number of anilines is 1. The van der Waals surface area contributed by atoms with E-state index in [0.29, 0.717) is 18.0 Å². The number of benzene rings is 2. The number of aromatic nitrogens is 3. The molecule has 4 rings (SSSR count). The van der Waals surface area contributed by atoms with Crippen molar-refractivity contribution in [3.8, 4) is 11.5 Å². The lowest BCUT2D eigenvalue weighted by atomic mass is 10.1. The summed E-state index contributed by atoms with van der Waals surface area (Å²) in [5.41, 5.74) is 4.16. The second-order valence-electron chi connectivity index (χ2n) is 6.62. The van der Waals surface area contributed by atoms with E-state index in [9.17, 15) is 4.79 Å². The van der Waals surface area contributed by atoms with Gasteiger partial charge in [0.1, 0.15) is 11.5 Å². The molecular weight excluding hydrogens is 352 g/mol. The molecule has 2 aromatic carbocycles. The molecule has 28 heavy (non-hydrogen) atoms. The minimum absolute atomic E-state index is 0.138. The molecule has 0 bridgehead atoms. The van der Waals surface area contributed by atoms with Crippen LogP contribution in [0.5, 0.6) is 0 Å². The summed E-state index contributed by atoms with van der Waals surface area (Å²) in [6, 6.07) is 16.8. The summed E-state index contributed by atoms with van der Waals surface area (Å²) in [6.45, 7) is 4.45. The van der Waals surface area contributed by atoms with E-state index in [1.54, 1.807) is 10.9 Å². The summed E-state index contributed by atoms with van der Waals surface area (Å²) in [7, 11) is 0. The molecule has 1 amide bonds. The standard InChI is InChI=1S/C22H20N4O2/c1-15-4-6-17(7-5-15)21(27)24-19-10-8-18(9-11-19)22-25-20(16(2)28-22)14-26-13-3-12-23-26/h3-13H,14H2,1-2H3,(H,24,27). The summed E-state index contributed by atoms with van der Waals surface area (Å²) >= 11 is 0. The van der Waals surface area contributed by atoms with Crippen molar-refractivity contribution in [2.45, 2.75) is 20.4 Å². The molecule has 0 aliphatic heterocycles. The van der Waals surface area contributed by atoms with Crippen LogP contribution in [0.1, 0.15) is 27.4 Å². The average Bonchev–Trinajstić information content (AvgIpc) is 3.33. The van der Waals surface area contributed by atoms with Crippen molar-refractivity contribution in [2.75, 3.05) is 5.32 Å². The molecule has 0 aliphatic carbocycles. The highest BCUT2D eigenvalue weighted by Crippen LogP contribution is 2.24. The molecule has 6 heteroatoms. The normalized spacial score (nSPS) is 10.8. The Morgan fingerprint density at radius 3 is 2.50 bits per heavy atom. The van der Waals surface area contributed by atoms with E-state index in [0.717, 1.165) is 28.3 Å². The van der Waals surface area contributed by atoms with Gasteiger partial charge in [-0.25, -0.2) is 4.98 Å². The van der Waals surface area contributed by atoms with E-state index in [2.05, 4.69) is 15.4 Å². The molecule has 2 heterocycles. The third kappa shape index (κ3) is 3.86. The van der Waals surface area contributed by atoms with Crippen molar-refractivity contribution in [1.82, 2.24) is 14.8 Å². The molecule has 6 nitrogen and oxygen atoms in total. The number of aryl methyl sites for hydroxylation is 2. The lowest BCUT2D eigenvalue weighted by molar-refractivity contribution is 0.102. The highest BCUT2D eigenvalue weighted by atomic mass is 16.4. The smallest absolute Gasteiger partial charge is 0.255 e. The molecule has 2 aromatic heterocycles. The van der Waals surface area contributed by atoms with Gasteiger partial charge in [0.25, 0.3) is 5.91 Å². The van der Waals surface area contributed by atoms with E-state index >= 15 is 0 Å². The van der Waals surface area contributed by atoms with Crippen molar-refractivity contribution in [3.05, 3.63) is 89.6 Å². The van der Waals surface area contributed by atoms with Gasteiger partial charge in [0, 0.05) is 29.2 Å². The Morgan fingerprint density at radius 1 is 1.07 bits per heavy atom. The van der Waals surface area contributed by atoms with Crippen LogP contribution in [0.25, 0.3) is 11.5 Å². The van der Waals surface area contributed by atoms with Crippen LogP contribution in [-0.2, 0) is 6.54 Å². The Balaban J connectivity index is 1.47. The molecule has 0 fully saturated rings. The number of hydrogen-bond acceptors (Lipinski definition) is 4. The first kappa shape index (κ1) is 17.7. The van der Waals surface area contributed by atoms with Crippen molar-refractivity contribution < 1.29 is 9.21 Å². The Kier molecular flexibility index (Phi) is 4.76. The summed E-state index contributed by atoms with van der Waals surface area (Å²) in [6.07, 6.45) is 3.62. The molecule has 0 saturated carbocycles. The number of nitrogens with one attached hydrogen (secondary N) is 1. The van der Waals surface area contributed by atoms with Crippen LogP contribution in [-0.4, -0.2) is 20.7 Å². The first-order chi connectivity index (χ1) is 13.6. The highest BCUT2D eigenvalue weighted by molar-refractivity contribution is 6.04. The molecule has 0 aliphatic rings. The Morgan fingerprint density at radius 2 is 1.82 bits per heavy atom. The second-order valence-corrected chi connectivity index (χ2v) is 6.62. The predicted octanol–water partition coefficient (Wildman–Crippen LogP) is 4.46. The number of oxazole rings is 1. The zero-order valence-electron chi connectivity index (χ0n) is 15.7. The maximum absolute atomic E-state index is 12.3. The third-order valence-electron chi connectivity index (χ3n) is 4.47. The van der Waals surface area contributed by atoms with Crippen LogP contribution in [0.2, 0.25) is 0 Å². The average molecular weight is 372 g/mol. The lowest BCUT2D eigenvalue weighted by Crippen LogP contribution is -2.11. The van der Waals surface area contributed by atoms with Crippen LogP contribution in [0, 0.1) is 13.8 Å². The van der Waals surface area contributed by atoms with Crippen LogP contribution in [0.15, 0.2) is 71.4 Å². The molecule has 0 unspecified atom stereocenters. The van der Waals surface area contributed by atoms with Gasteiger partial charge in [0.2, 0.25) is 5.89 Å². The Hall–Kier alpha value is -3.67. The van der Waals surface area contributed by atoms with Crippen molar-refractivity contribution in [1.29, 1.82) is 0 Å². The van der Waals surface area contributed by atoms with Crippen LogP contribution in [0.3, 0.4) is 0 Å². The minimum Gasteiger partial charge on any atom is -0.441 e. The largest absolute Gasteiger partial charge is 0.441 e. The summed E-state index contributed by atoms with van der Waals surface area (Å²) in [5, 5.41) is 7.10. The molecule has 0 spiro atoms. The molecule has 140 valence electrons. The van der Waals surface area contributed by atoms with Crippen molar-refractivity contribution >= 4 is 11.6 Å². The van der Waals surface area contributed by atoms with Gasteiger partial charge in [-0.3, -0.25) is 9.48 Å². The topological polar surface area (TPSA) is 73.0 Å². The quantitative estimate of drug-likeness (QED) is 0.561. The zero-order chi connectivity index (χ0) is 19.5. The van der Waals surface area contributed by atoms with Gasteiger partial charge < -0.3 is 9.73 Å². The number of amides is 1. The fourth-order valence-corrected chi connectivity index (χ4v) is 2.85. The van der Waals surface area contributed by atoms with Gasteiger partial charge in [-0.1, -0.05) is 17.7 Å². The van der Waals surface area contributed by atoms with Gasteiger partial charge in [-0.05, 0) is 56.3 Å². The maximum atomic E-state index is 12.3. The molecular formula is C22H20N4O2. The number of carbonyl (C=O) groups excluding carboxylic acids is 1. The van der Waals surface area contributed by atoms with E-state index in [-0.39, 0.29) is 5.91 Å². The predicted molar refractivity (Wildman–Crippen MR) is 107 cm³/mol. The Bertz CT molecular complexity index is 1080. The van der Waals surface area contributed by atoms with E-state index in [1.165, 1.54) is 0 Å². The van der Waals surface area contributed by atoms with E-state index < -0.39 is 0 Å². The summed E-state index contributed by atoms with van der Waals surface area (Å²) < 4.78 is 7.62. The fourth-order valence-electron chi connectivity index (χ4n) is 2.85. The third-order valence-corrected chi connectivity index (χ3v) is 4.47. The second kappa shape index (κ2) is 7.52. The molecule has 4 aromatic rings. The van der Waals surface area contributed by atoms with Crippen LogP contribution >= 0.6 is 0 Å². The maximum Gasteiger partial charge on any atom is 0.255 e. The summed E-state index contributed by atoms with van der Waals surface area (Å²) in [5.74, 6) is 1.18. The van der Waals surface area contributed by atoms with Crippen molar-refractivity contribution in [3.63, 3.8) is 0 Å². The van der Waals surface area contributed by atoms with Crippen molar-refractivity contribution in [2.24, 2.45) is 0 Å². The van der Waals surface area contributed by atoms with Gasteiger partial charge in [-0.15, -0.1) is 0 Å². The lowest BCUT2D eigenvalue weighted by Gasteiger charge is -2.06. The number of carbonyl (C=O) groups is 1. The van der Waals surface area contributed by atoms with E-state index in [4.69, 9.17) is 4.42 Å². The molecule has 0 saturated heterocycles. The molecule has 0 atom stereocenters. The van der Waals surface area contributed by atoms with E-state index in [1.807, 2.05) is 74.6 Å². The first-order valence-electron chi connectivity index (χ1n) is 9.01. The van der Waals surface area contributed by atoms with Gasteiger partial charge in [-0.2, -0.15) is 5.10 Å². The molecule has 0 radical (unpaired) electrons. The Labute approximate surface area is 162 Å². The SMILES string of the molecule is Cc1ccc(C(=O)Nc2ccc(-c3nc(Cn4cccn4)c(C)o3)cc2)cc1. The zero-order valence-corrected chi connectivity index (χ0v) is 15.7. The number of rotatable bonds is 5. The molecule has 1 N–H and O–H groups in total. The van der Waals surface area contributed by atoms with Gasteiger partial charge >= 0.3 is 0 Å². The number of nitrogens with zero attached hydrogens (tertiary/aromatic N) is 3. The minimum atomic E-state index is -0.138. The monoisotopic (exact) mass is 372 g/mol. The summed E-state index contributed by atoms with van der Waals surface area (Å²) in [4.78, 5) is 16.9. The van der Waals surface area contributed by atoms with Gasteiger partial charge in [0.15, 0.2) is 0 Å². The van der Waals surface area contributed by atoms with Gasteiger partial charge in [0.05, 0.1) is 6.54 Å². The van der Waals surface area contributed by atoms with Crippen LogP contribution in [0.4, 0.5) is 5.69 Å². The highest BCUT2D eigenvalue weighted by Gasteiger charge is 2.12.